The van der Waals surface area contributed by atoms with Gasteiger partial charge in [-0.25, -0.2) is 0 Å². The van der Waals surface area contributed by atoms with Crippen LogP contribution in [0.5, 0.6) is 0 Å². The fourth-order valence-electron chi connectivity index (χ4n) is 9.02. The Hall–Kier alpha value is -6.32. The summed E-state index contributed by atoms with van der Waals surface area (Å²) in [6.45, 7) is 0. The summed E-state index contributed by atoms with van der Waals surface area (Å²) in [6, 6.07) is 67.8. The fraction of sp³-hybridized carbons (Fsp3) is 0. The number of hydrogen-bond acceptors (Lipinski definition) is 2. The van der Waals surface area contributed by atoms with Crippen LogP contribution in [0.25, 0.3) is 117 Å². The molecule has 0 atom stereocenters. The molecule has 12 aromatic rings. The van der Waals surface area contributed by atoms with E-state index in [9.17, 15) is 0 Å². The standard InChI is InChI=1S/C52H30S2/c1-3-16-36-31(11-1)13-10-22-38(36)51-41-20-7-5-18-39(41)50(40-19-6-8-21-42(40)51)35-15-9-14-33(27-35)34-24-25-46-43(28-34)44-29-49-45(30-48(44)53-46)52-37-17-4-2-12-32(37)23-26-47(52)54-49/h1-30H. The lowest BCUT2D eigenvalue weighted by Crippen LogP contribution is -1.92. The molecule has 0 aliphatic rings. The summed E-state index contributed by atoms with van der Waals surface area (Å²) in [5.41, 5.74) is 7.57. The van der Waals surface area contributed by atoms with E-state index in [2.05, 4.69) is 182 Å². The first-order chi connectivity index (χ1) is 26.8. The Labute approximate surface area is 319 Å². The largest absolute Gasteiger partial charge is 0.135 e. The maximum absolute atomic E-state index is 2.44. The Bertz CT molecular complexity index is 3440. The van der Waals surface area contributed by atoms with Crippen molar-refractivity contribution in [3.05, 3.63) is 182 Å². The lowest BCUT2D eigenvalue weighted by molar-refractivity contribution is 1.63. The van der Waals surface area contributed by atoms with Crippen molar-refractivity contribution in [2.75, 3.05) is 0 Å². The molecule has 10 aromatic carbocycles. The number of benzene rings is 10. The second kappa shape index (κ2) is 11.6. The summed E-state index contributed by atoms with van der Waals surface area (Å²) >= 11 is 3.81. The van der Waals surface area contributed by atoms with Crippen molar-refractivity contribution < 1.29 is 0 Å². The minimum atomic E-state index is 1.23. The molecule has 54 heavy (non-hydrogen) atoms. The topological polar surface area (TPSA) is 0 Å². The molecule has 0 amide bonds. The van der Waals surface area contributed by atoms with E-state index in [0.29, 0.717) is 0 Å². The van der Waals surface area contributed by atoms with Crippen LogP contribution in [0.2, 0.25) is 0 Å². The van der Waals surface area contributed by atoms with E-state index in [0.717, 1.165) is 0 Å². The lowest BCUT2D eigenvalue weighted by Gasteiger charge is -2.19. The van der Waals surface area contributed by atoms with Gasteiger partial charge in [-0.1, -0.05) is 146 Å². The van der Waals surface area contributed by atoms with E-state index in [1.807, 2.05) is 22.7 Å². The van der Waals surface area contributed by atoms with Crippen molar-refractivity contribution >= 4 is 106 Å². The van der Waals surface area contributed by atoms with Crippen LogP contribution in [0, 0.1) is 0 Å². The minimum absolute atomic E-state index is 1.23. The highest BCUT2D eigenvalue weighted by Gasteiger charge is 2.19. The van der Waals surface area contributed by atoms with Gasteiger partial charge in [-0.2, -0.15) is 0 Å². The smallest absolute Gasteiger partial charge is 0.0362 e. The Balaban J connectivity index is 1.04. The monoisotopic (exact) mass is 718 g/mol. The molecule has 12 rings (SSSR count). The summed E-state index contributed by atoms with van der Waals surface area (Å²) in [5.74, 6) is 0. The Morgan fingerprint density at radius 2 is 0.778 bits per heavy atom. The molecule has 2 aromatic heterocycles. The molecule has 0 unspecified atom stereocenters. The summed E-state index contributed by atoms with van der Waals surface area (Å²) in [7, 11) is 0. The van der Waals surface area contributed by atoms with E-state index in [1.165, 1.54) is 117 Å². The highest BCUT2D eigenvalue weighted by atomic mass is 32.1. The number of rotatable bonds is 3. The minimum Gasteiger partial charge on any atom is -0.135 e. The zero-order valence-electron chi connectivity index (χ0n) is 29.1. The van der Waals surface area contributed by atoms with Gasteiger partial charge in [-0.3, -0.25) is 0 Å². The molecule has 0 aliphatic heterocycles. The molecule has 0 spiro atoms. The van der Waals surface area contributed by atoms with E-state index in [-0.39, 0.29) is 0 Å². The van der Waals surface area contributed by atoms with E-state index >= 15 is 0 Å². The molecule has 0 aliphatic carbocycles. The van der Waals surface area contributed by atoms with Crippen LogP contribution in [0.15, 0.2) is 182 Å². The SMILES string of the molecule is c1cc(-c2ccc3sc4cc5c(cc4c3c2)sc2ccc3ccccc3c25)cc(-c2c3ccccc3c(-c3cccc4ccccc34)c3ccccc23)c1. The van der Waals surface area contributed by atoms with Crippen molar-refractivity contribution in [3.63, 3.8) is 0 Å². The summed E-state index contributed by atoms with van der Waals surface area (Å²) < 4.78 is 5.39. The second-order valence-electron chi connectivity index (χ2n) is 14.4. The molecule has 0 fully saturated rings. The van der Waals surface area contributed by atoms with Gasteiger partial charge in [0.2, 0.25) is 0 Å². The van der Waals surface area contributed by atoms with Crippen molar-refractivity contribution in [3.8, 4) is 33.4 Å². The maximum atomic E-state index is 2.44. The Morgan fingerprint density at radius 3 is 1.56 bits per heavy atom. The van der Waals surface area contributed by atoms with Crippen LogP contribution in [0.3, 0.4) is 0 Å². The van der Waals surface area contributed by atoms with Gasteiger partial charge in [0.25, 0.3) is 0 Å². The summed E-state index contributed by atoms with van der Waals surface area (Å²) in [6.07, 6.45) is 0. The van der Waals surface area contributed by atoms with Gasteiger partial charge in [0.05, 0.1) is 0 Å². The molecule has 0 N–H and O–H groups in total. The van der Waals surface area contributed by atoms with E-state index in [1.54, 1.807) is 0 Å². The van der Waals surface area contributed by atoms with Gasteiger partial charge in [0.15, 0.2) is 0 Å². The Morgan fingerprint density at radius 1 is 0.259 bits per heavy atom. The molecule has 2 heterocycles. The van der Waals surface area contributed by atoms with Crippen molar-refractivity contribution in [2.45, 2.75) is 0 Å². The molecule has 0 radical (unpaired) electrons. The highest BCUT2D eigenvalue weighted by Crippen LogP contribution is 2.47. The van der Waals surface area contributed by atoms with Crippen LogP contribution < -0.4 is 0 Å². The van der Waals surface area contributed by atoms with Crippen molar-refractivity contribution in [2.24, 2.45) is 0 Å². The third-order valence-electron chi connectivity index (χ3n) is 11.4. The molecule has 0 bridgehead atoms. The normalized spacial score (nSPS) is 12.1. The zero-order chi connectivity index (χ0) is 35.3. The highest BCUT2D eigenvalue weighted by molar-refractivity contribution is 7.27. The molecule has 250 valence electrons. The predicted molar refractivity (Wildman–Crippen MR) is 239 cm³/mol. The molecule has 0 saturated heterocycles. The number of fused-ring (bicyclic) bond motifs is 11. The molecular formula is C52H30S2. The summed E-state index contributed by atoms with van der Waals surface area (Å²) in [5, 5.41) is 15.7. The summed E-state index contributed by atoms with van der Waals surface area (Å²) in [4.78, 5) is 0. The van der Waals surface area contributed by atoms with Crippen molar-refractivity contribution in [1.29, 1.82) is 0 Å². The number of thiophene rings is 2. The van der Waals surface area contributed by atoms with Crippen LogP contribution in [0.1, 0.15) is 0 Å². The Kier molecular flexibility index (Phi) is 6.48. The van der Waals surface area contributed by atoms with E-state index < -0.39 is 0 Å². The quantitative estimate of drug-likeness (QED) is 0.160. The van der Waals surface area contributed by atoms with Crippen LogP contribution >= 0.6 is 22.7 Å². The number of hydrogen-bond donors (Lipinski definition) is 0. The van der Waals surface area contributed by atoms with Gasteiger partial charge in [0, 0.05) is 40.3 Å². The first-order valence-corrected chi connectivity index (χ1v) is 20.1. The average Bonchev–Trinajstić information content (AvgIpc) is 3.78. The van der Waals surface area contributed by atoms with Crippen molar-refractivity contribution in [1.82, 2.24) is 0 Å². The molecular weight excluding hydrogens is 689 g/mol. The van der Waals surface area contributed by atoms with Crippen LogP contribution in [-0.2, 0) is 0 Å². The average molecular weight is 719 g/mol. The van der Waals surface area contributed by atoms with Gasteiger partial charge < -0.3 is 0 Å². The second-order valence-corrected chi connectivity index (χ2v) is 16.5. The molecule has 2 heteroatoms. The molecule has 0 nitrogen and oxygen atoms in total. The van der Waals surface area contributed by atoms with Crippen LogP contribution in [0.4, 0.5) is 0 Å². The fourth-order valence-corrected chi connectivity index (χ4v) is 11.3. The zero-order valence-corrected chi connectivity index (χ0v) is 30.8. The first kappa shape index (κ1) is 30.2. The van der Waals surface area contributed by atoms with Gasteiger partial charge in [-0.05, 0) is 113 Å². The van der Waals surface area contributed by atoms with Gasteiger partial charge in [0.1, 0.15) is 0 Å². The first-order valence-electron chi connectivity index (χ1n) is 18.5. The maximum Gasteiger partial charge on any atom is 0.0362 e. The third-order valence-corrected chi connectivity index (χ3v) is 13.7. The van der Waals surface area contributed by atoms with E-state index in [4.69, 9.17) is 0 Å². The lowest BCUT2D eigenvalue weighted by atomic mass is 9.84. The molecule has 0 saturated carbocycles. The van der Waals surface area contributed by atoms with Gasteiger partial charge >= 0.3 is 0 Å². The van der Waals surface area contributed by atoms with Crippen LogP contribution in [-0.4, -0.2) is 0 Å². The third kappa shape index (κ3) is 4.42. The van der Waals surface area contributed by atoms with Gasteiger partial charge in [-0.15, -0.1) is 22.7 Å². The predicted octanol–water partition coefficient (Wildman–Crippen LogP) is 16.0.